The Kier molecular flexibility index (Phi) is 5.07. The fourth-order valence-electron chi connectivity index (χ4n) is 3.75. The molecule has 0 unspecified atom stereocenters. The third kappa shape index (κ3) is 3.68. The lowest BCUT2D eigenvalue weighted by Gasteiger charge is -2.25. The Morgan fingerprint density at radius 1 is 1.00 bits per heavy atom. The van der Waals surface area contributed by atoms with Gasteiger partial charge in [0.25, 0.3) is 5.91 Å². The van der Waals surface area contributed by atoms with Gasteiger partial charge in [-0.3, -0.25) is 4.79 Å². The van der Waals surface area contributed by atoms with Crippen molar-refractivity contribution in [3.05, 3.63) is 59.7 Å². The number of carbonyl (C=O) groups is 1. The summed E-state index contributed by atoms with van der Waals surface area (Å²) in [4.78, 5) is 16.6. The first kappa shape index (κ1) is 16.9. The first-order valence-electron chi connectivity index (χ1n) is 9.36. The van der Waals surface area contributed by atoms with Gasteiger partial charge in [-0.2, -0.15) is 0 Å². The lowest BCUT2D eigenvalue weighted by atomic mass is 10.1. The van der Waals surface area contributed by atoms with Gasteiger partial charge < -0.3 is 19.3 Å². The van der Waals surface area contributed by atoms with Crippen molar-refractivity contribution in [3.63, 3.8) is 0 Å². The van der Waals surface area contributed by atoms with E-state index < -0.39 is 0 Å². The maximum atomic E-state index is 13.1. The zero-order valence-electron chi connectivity index (χ0n) is 14.9. The number of likely N-dealkylation sites (tertiary alicyclic amines) is 1. The molecular weight excluding hydrogens is 328 g/mol. The van der Waals surface area contributed by atoms with E-state index in [-0.39, 0.29) is 12.7 Å². The van der Waals surface area contributed by atoms with Crippen molar-refractivity contribution in [2.75, 3.05) is 33.0 Å². The van der Waals surface area contributed by atoms with Crippen LogP contribution in [0.2, 0.25) is 0 Å². The molecular formula is C21H25N2O3+. The summed E-state index contributed by atoms with van der Waals surface area (Å²) in [5, 5.41) is 0. The van der Waals surface area contributed by atoms with Crippen molar-refractivity contribution in [2.24, 2.45) is 0 Å². The number of benzene rings is 2. The third-order valence-electron chi connectivity index (χ3n) is 5.19. The summed E-state index contributed by atoms with van der Waals surface area (Å²) in [6, 6.07) is 15.4. The highest BCUT2D eigenvalue weighted by atomic mass is 16.7. The number of rotatable bonds is 6. The molecule has 1 saturated heterocycles. The monoisotopic (exact) mass is 353 g/mol. The topological polar surface area (TPSA) is 43.2 Å². The normalized spacial score (nSPS) is 16.0. The second kappa shape index (κ2) is 7.79. The molecule has 0 aliphatic carbocycles. The van der Waals surface area contributed by atoms with E-state index in [9.17, 15) is 4.79 Å². The van der Waals surface area contributed by atoms with Gasteiger partial charge in [-0.05, 0) is 18.2 Å². The van der Waals surface area contributed by atoms with Crippen molar-refractivity contribution in [1.29, 1.82) is 0 Å². The SMILES string of the molecule is O=C(c1ccccc1)N(CC[NH+]1CCCC1)Cc1cccc2c1OCO2. The van der Waals surface area contributed by atoms with Gasteiger partial charge in [0.05, 0.1) is 32.7 Å². The van der Waals surface area contributed by atoms with E-state index >= 15 is 0 Å². The second-order valence-electron chi connectivity index (χ2n) is 6.95. The quantitative estimate of drug-likeness (QED) is 0.860. The van der Waals surface area contributed by atoms with E-state index in [2.05, 4.69) is 0 Å². The third-order valence-corrected chi connectivity index (χ3v) is 5.19. The van der Waals surface area contributed by atoms with E-state index in [1.807, 2.05) is 53.4 Å². The molecule has 2 aliphatic heterocycles. The minimum atomic E-state index is 0.0701. The molecule has 2 aliphatic rings. The Morgan fingerprint density at radius 2 is 1.81 bits per heavy atom. The van der Waals surface area contributed by atoms with Crippen LogP contribution in [0.15, 0.2) is 48.5 Å². The first-order valence-corrected chi connectivity index (χ1v) is 9.36. The van der Waals surface area contributed by atoms with Gasteiger partial charge >= 0.3 is 0 Å². The molecule has 1 amide bonds. The van der Waals surface area contributed by atoms with E-state index in [0.717, 1.165) is 35.7 Å². The lowest BCUT2D eigenvalue weighted by Crippen LogP contribution is -3.10. The first-order chi connectivity index (χ1) is 12.8. The maximum absolute atomic E-state index is 13.1. The molecule has 1 fully saturated rings. The van der Waals surface area contributed by atoms with Crippen molar-refractivity contribution >= 4 is 5.91 Å². The van der Waals surface area contributed by atoms with Gasteiger partial charge in [0.15, 0.2) is 11.5 Å². The number of hydrogen-bond acceptors (Lipinski definition) is 3. The number of ether oxygens (including phenoxy) is 2. The summed E-state index contributed by atoms with van der Waals surface area (Å²) >= 11 is 0. The van der Waals surface area contributed by atoms with Crippen LogP contribution < -0.4 is 14.4 Å². The largest absolute Gasteiger partial charge is 0.454 e. The molecule has 2 aromatic rings. The fraction of sp³-hybridized carbons (Fsp3) is 0.381. The number of fused-ring (bicyclic) bond motifs is 1. The number of para-hydroxylation sites is 1. The Labute approximate surface area is 154 Å². The lowest BCUT2D eigenvalue weighted by molar-refractivity contribution is -0.886. The highest BCUT2D eigenvalue weighted by Crippen LogP contribution is 2.36. The average Bonchev–Trinajstić information content (AvgIpc) is 3.37. The molecule has 0 radical (unpaired) electrons. The molecule has 136 valence electrons. The molecule has 1 N–H and O–H groups in total. The highest BCUT2D eigenvalue weighted by molar-refractivity contribution is 5.94. The number of hydrogen-bond donors (Lipinski definition) is 1. The van der Waals surface area contributed by atoms with Gasteiger partial charge in [0.1, 0.15) is 0 Å². The van der Waals surface area contributed by atoms with Crippen LogP contribution in [-0.2, 0) is 6.54 Å². The Hall–Kier alpha value is -2.53. The number of nitrogens with one attached hydrogen (secondary N) is 1. The van der Waals surface area contributed by atoms with Crippen molar-refractivity contribution in [1.82, 2.24) is 4.90 Å². The standard InChI is InChI=1S/C21H24N2O3/c24-21(17-7-2-1-3-8-17)23(14-13-22-11-4-5-12-22)15-18-9-6-10-19-20(18)26-16-25-19/h1-3,6-10H,4-5,11-16H2/p+1. The average molecular weight is 353 g/mol. The minimum Gasteiger partial charge on any atom is -0.454 e. The molecule has 0 atom stereocenters. The molecule has 5 nitrogen and oxygen atoms in total. The molecule has 0 spiro atoms. The summed E-state index contributed by atoms with van der Waals surface area (Å²) in [7, 11) is 0. The number of quaternary nitrogens is 1. The molecule has 5 heteroatoms. The fourth-order valence-corrected chi connectivity index (χ4v) is 3.75. The molecule has 2 aromatic carbocycles. The van der Waals surface area contributed by atoms with Crippen LogP contribution in [0.1, 0.15) is 28.8 Å². The molecule has 4 rings (SSSR count). The van der Waals surface area contributed by atoms with E-state index in [0.29, 0.717) is 6.54 Å². The van der Waals surface area contributed by atoms with Crippen LogP contribution in [0.4, 0.5) is 0 Å². The summed E-state index contributed by atoms with van der Waals surface area (Å²) in [5.74, 6) is 1.60. The maximum Gasteiger partial charge on any atom is 0.254 e. The molecule has 26 heavy (non-hydrogen) atoms. The van der Waals surface area contributed by atoms with Crippen LogP contribution >= 0.6 is 0 Å². The highest BCUT2D eigenvalue weighted by Gasteiger charge is 2.24. The van der Waals surface area contributed by atoms with Crippen molar-refractivity contribution < 1.29 is 19.2 Å². The van der Waals surface area contributed by atoms with Crippen LogP contribution in [-0.4, -0.2) is 43.8 Å². The predicted molar refractivity (Wildman–Crippen MR) is 98.5 cm³/mol. The summed E-state index contributed by atoms with van der Waals surface area (Å²) < 4.78 is 11.1. The van der Waals surface area contributed by atoms with Crippen LogP contribution in [0.25, 0.3) is 0 Å². The van der Waals surface area contributed by atoms with Gasteiger partial charge in [-0.25, -0.2) is 0 Å². The molecule has 0 bridgehead atoms. The van der Waals surface area contributed by atoms with Crippen LogP contribution in [0.3, 0.4) is 0 Å². The Bertz CT molecular complexity index is 757. The second-order valence-corrected chi connectivity index (χ2v) is 6.95. The summed E-state index contributed by atoms with van der Waals surface area (Å²) in [6.45, 7) is 4.94. The van der Waals surface area contributed by atoms with E-state index in [1.165, 1.54) is 25.9 Å². The van der Waals surface area contributed by atoms with Crippen LogP contribution in [0, 0.1) is 0 Å². The van der Waals surface area contributed by atoms with Gasteiger partial charge in [0, 0.05) is 24.0 Å². The summed E-state index contributed by atoms with van der Waals surface area (Å²) in [5.41, 5.74) is 1.73. The smallest absolute Gasteiger partial charge is 0.254 e. The zero-order chi connectivity index (χ0) is 17.8. The van der Waals surface area contributed by atoms with Gasteiger partial charge in [-0.1, -0.05) is 30.3 Å². The molecule has 2 heterocycles. The predicted octanol–water partition coefficient (Wildman–Crippen LogP) is 1.74. The number of amides is 1. The number of nitrogens with zero attached hydrogens (tertiary/aromatic N) is 1. The van der Waals surface area contributed by atoms with Gasteiger partial charge in [0.2, 0.25) is 6.79 Å². The zero-order valence-corrected chi connectivity index (χ0v) is 14.9. The van der Waals surface area contributed by atoms with Crippen LogP contribution in [0.5, 0.6) is 11.5 Å². The van der Waals surface area contributed by atoms with E-state index in [1.54, 1.807) is 4.90 Å². The minimum absolute atomic E-state index is 0.0701. The summed E-state index contributed by atoms with van der Waals surface area (Å²) in [6.07, 6.45) is 2.58. The Morgan fingerprint density at radius 3 is 2.62 bits per heavy atom. The van der Waals surface area contributed by atoms with Crippen molar-refractivity contribution in [3.8, 4) is 11.5 Å². The van der Waals surface area contributed by atoms with E-state index in [4.69, 9.17) is 9.47 Å². The van der Waals surface area contributed by atoms with Crippen molar-refractivity contribution in [2.45, 2.75) is 19.4 Å². The molecule has 0 aromatic heterocycles. The Balaban J connectivity index is 1.53. The van der Waals surface area contributed by atoms with Gasteiger partial charge in [-0.15, -0.1) is 0 Å². The number of carbonyl (C=O) groups excluding carboxylic acids is 1. The molecule has 0 saturated carbocycles.